The summed E-state index contributed by atoms with van der Waals surface area (Å²) < 4.78 is 10.6. The van der Waals surface area contributed by atoms with Crippen LogP contribution >= 0.6 is 0 Å². The molecule has 0 aliphatic heterocycles. The van der Waals surface area contributed by atoms with E-state index in [0.717, 1.165) is 22.4 Å². The van der Waals surface area contributed by atoms with E-state index in [1.807, 2.05) is 18.2 Å². The standard InChI is InChI=1S/C19H19NO3/c1-12-8-13(2)18(14(3)9-12)17-10-16(23-20-17)11-22-19(21)15-6-4-5-7-15/h4-10,15H,11H2,1-3H3. The van der Waals surface area contributed by atoms with Crippen LogP contribution in [0.2, 0.25) is 0 Å². The molecule has 0 radical (unpaired) electrons. The molecule has 0 N–H and O–H groups in total. The van der Waals surface area contributed by atoms with Gasteiger partial charge in [-0.05, 0) is 31.9 Å². The highest BCUT2D eigenvalue weighted by Gasteiger charge is 2.17. The van der Waals surface area contributed by atoms with Gasteiger partial charge in [0.05, 0.1) is 5.92 Å². The van der Waals surface area contributed by atoms with Crippen molar-refractivity contribution >= 4 is 5.97 Å². The minimum atomic E-state index is -0.293. The second-order valence-electron chi connectivity index (χ2n) is 5.86. The van der Waals surface area contributed by atoms with E-state index in [4.69, 9.17) is 9.26 Å². The monoisotopic (exact) mass is 309 g/mol. The molecule has 0 spiro atoms. The molecule has 1 aromatic heterocycles. The van der Waals surface area contributed by atoms with Gasteiger partial charge in [0.2, 0.25) is 0 Å². The Bertz CT molecular complexity index is 764. The number of nitrogens with zero attached hydrogens (tertiary/aromatic N) is 1. The van der Waals surface area contributed by atoms with E-state index in [1.165, 1.54) is 5.56 Å². The molecule has 0 saturated carbocycles. The molecule has 0 saturated heterocycles. The summed E-state index contributed by atoms with van der Waals surface area (Å²) in [5.74, 6) is -0.0340. The molecule has 23 heavy (non-hydrogen) atoms. The molecule has 2 aromatic rings. The first-order chi connectivity index (χ1) is 11.0. The second-order valence-corrected chi connectivity index (χ2v) is 5.86. The maximum absolute atomic E-state index is 11.9. The van der Waals surface area contributed by atoms with Gasteiger partial charge in [-0.3, -0.25) is 4.79 Å². The number of hydrogen-bond donors (Lipinski definition) is 0. The van der Waals surface area contributed by atoms with Crippen molar-refractivity contribution in [2.45, 2.75) is 27.4 Å². The van der Waals surface area contributed by atoms with Crippen LogP contribution in [0.4, 0.5) is 0 Å². The number of rotatable bonds is 4. The summed E-state index contributed by atoms with van der Waals surface area (Å²) in [5, 5.41) is 4.12. The molecular formula is C19H19NO3. The first-order valence-corrected chi connectivity index (χ1v) is 7.60. The van der Waals surface area contributed by atoms with Crippen molar-refractivity contribution < 1.29 is 14.1 Å². The third kappa shape index (κ3) is 3.26. The van der Waals surface area contributed by atoms with Crippen LogP contribution in [0.5, 0.6) is 0 Å². The Hall–Kier alpha value is -2.62. The van der Waals surface area contributed by atoms with Gasteiger partial charge >= 0.3 is 5.97 Å². The molecule has 0 bridgehead atoms. The number of benzene rings is 1. The van der Waals surface area contributed by atoms with Gasteiger partial charge in [0, 0.05) is 11.6 Å². The lowest BCUT2D eigenvalue weighted by atomic mass is 9.97. The fourth-order valence-electron chi connectivity index (χ4n) is 2.91. The largest absolute Gasteiger partial charge is 0.457 e. The number of aromatic nitrogens is 1. The number of ether oxygens (including phenoxy) is 1. The van der Waals surface area contributed by atoms with Gasteiger partial charge in [0.1, 0.15) is 5.69 Å². The Balaban J connectivity index is 1.72. The summed E-state index contributed by atoms with van der Waals surface area (Å²) >= 11 is 0. The molecule has 0 amide bonds. The van der Waals surface area contributed by atoms with E-state index in [2.05, 4.69) is 38.1 Å². The van der Waals surface area contributed by atoms with Crippen LogP contribution in [0.25, 0.3) is 11.3 Å². The first kappa shape index (κ1) is 15.3. The molecular weight excluding hydrogens is 290 g/mol. The van der Waals surface area contributed by atoms with Crippen LogP contribution in [0.3, 0.4) is 0 Å². The second kappa shape index (κ2) is 6.24. The fourth-order valence-corrected chi connectivity index (χ4v) is 2.91. The van der Waals surface area contributed by atoms with Crippen molar-refractivity contribution in [3.63, 3.8) is 0 Å². The fraction of sp³-hybridized carbons (Fsp3) is 0.263. The quantitative estimate of drug-likeness (QED) is 0.799. The van der Waals surface area contributed by atoms with E-state index >= 15 is 0 Å². The lowest BCUT2D eigenvalue weighted by molar-refractivity contribution is -0.147. The van der Waals surface area contributed by atoms with Crippen LogP contribution in [0.15, 0.2) is 47.0 Å². The molecule has 1 aliphatic carbocycles. The van der Waals surface area contributed by atoms with Crippen LogP contribution in [0.1, 0.15) is 22.5 Å². The molecule has 1 aromatic carbocycles. The summed E-state index contributed by atoms with van der Waals surface area (Å²) in [7, 11) is 0. The smallest absolute Gasteiger partial charge is 0.317 e. The van der Waals surface area contributed by atoms with Gasteiger partial charge in [0.15, 0.2) is 12.4 Å². The van der Waals surface area contributed by atoms with E-state index in [1.54, 1.807) is 12.2 Å². The van der Waals surface area contributed by atoms with Gasteiger partial charge in [-0.15, -0.1) is 0 Å². The Labute approximate surface area is 135 Å². The topological polar surface area (TPSA) is 52.3 Å². The molecule has 4 heteroatoms. The van der Waals surface area contributed by atoms with E-state index in [-0.39, 0.29) is 18.5 Å². The van der Waals surface area contributed by atoms with Crippen molar-refractivity contribution in [3.05, 3.63) is 65.0 Å². The number of hydrogen-bond acceptors (Lipinski definition) is 4. The summed E-state index contributed by atoms with van der Waals surface area (Å²) in [6, 6.07) is 6.07. The molecule has 1 aliphatic rings. The zero-order chi connectivity index (χ0) is 16.4. The average molecular weight is 309 g/mol. The van der Waals surface area contributed by atoms with E-state index in [0.29, 0.717) is 5.76 Å². The molecule has 0 atom stereocenters. The molecule has 118 valence electrons. The number of carbonyl (C=O) groups is 1. The number of aryl methyl sites for hydroxylation is 3. The minimum Gasteiger partial charge on any atom is -0.457 e. The van der Waals surface area contributed by atoms with Crippen LogP contribution in [-0.2, 0) is 16.1 Å². The number of esters is 1. The highest BCUT2D eigenvalue weighted by atomic mass is 16.5. The number of carbonyl (C=O) groups excluding carboxylic acids is 1. The minimum absolute atomic E-state index is 0.0912. The van der Waals surface area contributed by atoms with Crippen molar-refractivity contribution in [3.8, 4) is 11.3 Å². The summed E-state index contributed by atoms with van der Waals surface area (Å²) in [5.41, 5.74) is 5.37. The molecule has 0 unspecified atom stereocenters. The predicted octanol–water partition coefficient (Wildman–Crippen LogP) is 4.05. The van der Waals surface area contributed by atoms with Gasteiger partial charge in [0.25, 0.3) is 0 Å². The van der Waals surface area contributed by atoms with Crippen molar-refractivity contribution in [2.75, 3.05) is 0 Å². The van der Waals surface area contributed by atoms with Crippen LogP contribution in [-0.4, -0.2) is 11.1 Å². The van der Waals surface area contributed by atoms with Crippen molar-refractivity contribution in [1.82, 2.24) is 5.16 Å². The third-order valence-electron chi connectivity index (χ3n) is 3.87. The van der Waals surface area contributed by atoms with Gasteiger partial charge in [-0.25, -0.2) is 0 Å². The van der Waals surface area contributed by atoms with Gasteiger partial charge in [-0.2, -0.15) is 0 Å². The normalized spacial score (nSPS) is 13.7. The zero-order valence-corrected chi connectivity index (χ0v) is 13.5. The van der Waals surface area contributed by atoms with E-state index in [9.17, 15) is 4.79 Å². The highest BCUT2D eigenvalue weighted by Crippen LogP contribution is 2.28. The average Bonchev–Trinajstić information content (AvgIpc) is 3.15. The van der Waals surface area contributed by atoms with Crippen molar-refractivity contribution in [2.24, 2.45) is 5.92 Å². The van der Waals surface area contributed by atoms with Gasteiger partial charge in [-0.1, -0.05) is 47.2 Å². The Morgan fingerprint density at radius 2 is 1.78 bits per heavy atom. The zero-order valence-electron chi connectivity index (χ0n) is 13.5. The highest BCUT2D eigenvalue weighted by molar-refractivity contribution is 5.77. The lowest BCUT2D eigenvalue weighted by Gasteiger charge is -2.07. The van der Waals surface area contributed by atoms with Crippen LogP contribution < -0.4 is 0 Å². The maximum Gasteiger partial charge on any atom is 0.317 e. The predicted molar refractivity (Wildman–Crippen MR) is 87.7 cm³/mol. The Morgan fingerprint density at radius 3 is 2.43 bits per heavy atom. The third-order valence-corrected chi connectivity index (χ3v) is 3.87. The molecule has 1 heterocycles. The molecule has 0 fully saturated rings. The van der Waals surface area contributed by atoms with E-state index < -0.39 is 0 Å². The SMILES string of the molecule is Cc1cc(C)c(-c2cc(COC(=O)C3C=CC=C3)on2)c(C)c1. The summed E-state index contributed by atoms with van der Waals surface area (Å²) in [4.78, 5) is 11.9. The van der Waals surface area contributed by atoms with Crippen molar-refractivity contribution in [1.29, 1.82) is 0 Å². The summed E-state index contributed by atoms with van der Waals surface area (Å²) in [6.07, 6.45) is 7.27. The number of allylic oxidation sites excluding steroid dienone is 2. The molecule has 3 rings (SSSR count). The maximum atomic E-state index is 11.9. The Morgan fingerprint density at radius 1 is 1.13 bits per heavy atom. The van der Waals surface area contributed by atoms with Gasteiger partial charge < -0.3 is 9.26 Å². The van der Waals surface area contributed by atoms with Crippen LogP contribution in [0, 0.1) is 26.7 Å². The summed E-state index contributed by atoms with van der Waals surface area (Å²) in [6.45, 7) is 6.28. The lowest BCUT2D eigenvalue weighted by Crippen LogP contribution is -2.12. The Kier molecular flexibility index (Phi) is 4.15. The molecule has 4 nitrogen and oxygen atoms in total. The first-order valence-electron chi connectivity index (χ1n) is 7.60.